The van der Waals surface area contributed by atoms with Crippen LogP contribution in [0.3, 0.4) is 0 Å². The molecular weight excluding hydrogens is 312 g/mol. The van der Waals surface area contributed by atoms with Crippen molar-refractivity contribution < 1.29 is 4.92 Å². The molecular formula is C16H18N4O2S. The fourth-order valence-electron chi connectivity index (χ4n) is 2.98. The van der Waals surface area contributed by atoms with Gasteiger partial charge in [-0.25, -0.2) is 0 Å². The molecule has 2 aromatic rings. The van der Waals surface area contributed by atoms with E-state index in [4.69, 9.17) is 12.2 Å². The first-order valence-corrected chi connectivity index (χ1v) is 7.96. The Bertz CT molecular complexity index is 726. The number of nitro benzene ring substituents is 1. The average molecular weight is 330 g/mol. The van der Waals surface area contributed by atoms with Crippen molar-refractivity contribution in [2.45, 2.75) is 19.5 Å². The third-order valence-corrected chi connectivity index (χ3v) is 4.43. The van der Waals surface area contributed by atoms with Crippen LogP contribution in [0.4, 0.5) is 5.69 Å². The van der Waals surface area contributed by atoms with Crippen molar-refractivity contribution in [2.75, 3.05) is 13.1 Å². The van der Waals surface area contributed by atoms with Crippen LogP contribution in [0.15, 0.2) is 42.6 Å². The number of nitrogens with zero attached hydrogens (tertiary/aromatic N) is 3. The van der Waals surface area contributed by atoms with E-state index in [1.165, 1.54) is 0 Å². The summed E-state index contributed by atoms with van der Waals surface area (Å²) in [7, 11) is 0. The molecule has 0 radical (unpaired) electrons. The average Bonchev–Trinajstić information content (AvgIpc) is 3.02. The molecule has 1 aliphatic rings. The van der Waals surface area contributed by atoms with Crippen LogP contribution in [0.1, 0.15) is 24.2 Å². The lowest BCUT2D eigenvalue weighted by Gasteiger charge is -2.39. The van der Waals surface area contributed by atoms with Crippen molar-refractivity contribution in [2.24, 2.45) is 0 Å². The number of rotatable bonds is 3. The van der Waals surface area contributed by atoms with E-state index in [0.717, 1.165) is 30.9 Å². The predicted octanol–water partition coefficient (Wildman–Crippen LogP) is 2.70. The van der Waals surface area contributed by atoms with E-state index >= 15 is 0 Å². The summed E-state index contributed by atoms with van der Waals surface area (Å²) >= 11 is 5.52. The monoisotopic (exact) mass is 330 g/mol. The molecule has 1 aliphatic heterocycles. The second-order valence-corrected chi connectivity index (χ2v) is 5.79. The van der Waals surface area contributed by atoms with Gasteiger partial charge in [-0.15, -0.1) is 0 Å². The Balaban J connectivity index is 2.00. The van der Waals surface area contributed by atoms with Crippen molar-refractivity contribution in [1.82, 2.24) is 14.8 Å². The van der Waals surface area contributed by atoms with Crippen molar-refractivity contribution >= 4 is 23.0 Å². The Morgan fingerprint density at radius 2 is 2.09 bits per heavy atom. The van der Waals surface area contributed by atoms with Gasteiger partial charge in [0, 0.05) is 43.7 Å². The zero-order chi connectivity index (χ0) is 16.4. The minimum atomic E-state index is -0.381. The van der Waals surface area contributed by atoms with Gasteiger partial charge < -0.3 is 14.8 Å². The first-order chi connectivity index (χ1) is 11.1. The number of thiocarbonyl (C=S) groups is 1. The van der Waals surface area contributed by atoms with Crippen LogP contribution in [-0.4, -0.2) is 32.6 Å². The number of nitro groups is 1. The first-order valence-electron chi connectivity index (χ1n) is 7.55. The van der Waals surface area contributed by atoms with Crippen LogP contribution in [0, 0.1) is 10.1 Å². The van der Waals surface area contributed by atoms with E-state index in [2.05, 4.69) is 27.0 Å². The molecule has 1 N–H and O–H groups in total. The normalized spacial score (nSPS) is 16.7. The first kappa shape index (κ1) is 15.5. The van der Waals surface area contributed by atoms with Gasteiger partial charge in [-0.3, -0.25) is 10.1 Å². The Labute approximate surface area is 139 Å². The van der Waals surface area contributed by atoms with Gasteiger partial charge in [-0.2, -0.15) is 0 Å². The highest BCUT2D eigenvalue weighted by atomic mass is 32.1. The summed E-state index contributed by atoms with van der Waals surface area (Å²) in [6.45, 7) is 4.45. The number of nitrogens with one attached hydrogen (secondary N) is 1. The van der Waals surface area contributed by atoms with Gasteiger partial charge in [-0.1, -0.05) is 0 Å². The Hall–Kier alpha value is -2.41. The Morgan fingerprint density at radius 3 is 2.74 bits per heavy atom. The molecule has 0 fully saturated rings. The van der Waals surface area contributed by atoms with Gasteiger partial charge in [0.1, 0.15) is 0 Å². The highest BCUT2D eigenvalue weighted by molar-refractivity contribution is 7.80. The molecule has 0 bridgehead atoms. The molecule has 6 nitrogen and oxygen atoms in total. The lowest BCUT2D eigenvalue weighted by Crippen LogP contribution is -2.47. The number of non-ortho nitro benzene ring substituents is 1. The Kier molecular flexibility index (Phi) is 4.29. The third-order valence-electron chi connectivity index (χ3n) is 4.05. The van der Waals surface area contributed by atoms with Crippen LogP contribution < -0.4 is 5.32 Å². The van der Waals surface area contributed by atoms with Crippen LogP contribution in [0.2, 0.25) is 0 Å². The molecule has 2 heterocycles. The smallest absolute Gasteiger partial charge is 0.269 e. The van der Waals surface area contributed by atoms with Crippen molar-refractivity contribution in [3.05, 3.63) is 64.0 Å². The van der Waals surface area contributed by atoms with E-state index < -0.39 is 0 Å². The molecule has 3 rings (SSSR count). The number of benzene rings is 1. The maximum atomic E-state index is 10.9. The quantitative estimate of drug-likeness (QED) is 0.532. The summed E-state index contributed by atoms with van der Waals surface area (Å²) in [6, 6.07) is 10.8. The van der Waals surface area contributed by atoms with Crippen LogP contribution in [0.5, 0.6) is 0 Å². The molecule has 23 heavy (non-hydrogen) atoms. The molecule has 0 aliphatic carbocycles. The molecule has 0 saturated heterocycles. The maximum absolute atomic E-state index is 10.9. The van der Waals surface area contributed by atoms with Crippen molar-refractivity contribution in [3.8, 4) is 0 Å². The van der Waals surface area contributed by atoms with Crippen molar-refractivity contribution in [3.63, 3.8) is 0 Å². The van der Waals surface area contributed by atoms with Gasteiger partial charge >= 0.3 is 0 Å². The van der Waals surface area contributed by atoms with E-state index in [0.29, 0.717) is 5.11 Å². The standard InChI is InChI=1S/C16H18N4O2S/c1-2-17-16(23)19-11-10-18-9-3-4-14(18)15(19)12-5-7-13(8-6-12)20(21)22/h3-9,15H,2,10-11H2,1H3,(H,17,23). The lowest BCUT2D eigenvalue weighted by atomic mass is 10.00. The molecule has 0 amide bonds. The van der Waals surface area contributed by atoms with E-state index in [-0.39, 0.29) is 16.7 Å². The minimum absolute atomic E-state index is 0.0360. The number of hydrogen-bond donors (Lipinski definition) is 1. The topological polar surface area (TPSA) is 63.3 Å². The molecule has 1 aromatic carbocycles. The number of fused-ring (bicyclic) bond motifs is 1. The highest BCUT2D eigenvalue weighted by Gasteiger charge is 2.30. The lowest BCUT2D eigenvalue weighted by molar-refractivity contribution is -0.384. The summed E-state index contributed by atoms with van der Waals surface area (Å²) in [4.78, 5) is 12.6. The van der Waals surface area contributed by atoms with Crippen LogP contribution >= 0.6 is 12.2 Å². The molecule has 1 unspecified atom stereocenters. The summed E-state index contributed by atoms with van der Waals surface area (Å²) < 4.78 is 2.21. The molecule has 120 valence electrons. The van der Waals surface area contributed by atoms with Crippen LogP contribution in [-0.2, 0) is 6.54 Å². The second-order valence-electron chi connectivity index (χ2n) is 5.41. The maximum Gasteiger partial charge on any atom is 0.269 e. The van der Waals surface area contributed by atoms with E-state index in [9.17, 15) is 10.1 Å². The molecule has 0 spiro atoms. The molecule has 1 aromatic heterocycles. The van der Waals surface area contributed by atoms with Gasteiger partial charge in [-0.05, 0) is 49.0 Å². The van der Waals surface area contributed by atoms with Gasteiger partial charge in [0.15, 0.2) is 5.11 Å². The molecule has 0 saturated carbocycles. The molecule has 1 atom stereocenters. The fraction of sp³-hybridized carbons (Fsp3) is 0.312. The van der Waals surface area contributed by atoms with Crippen LogP contribution in [0.25, 0.3) is 0 Å². The van der Waals surface area contributed by atoms with E-state index in [1.54, 1.807) is 12.1 Å². The van der Waals surface area contributed by atoms with Gasteiger partial charge in [0.25, 0.3) is 5.69 Å². The minimum Gasteiger partial charge on any atom is -0.363 e. The van der Waals surface area contributed by atoms with Gasteiger partial charge in [0.05, 0.1) is 11.0 Å². The van der Waals surface area contributed by atoms with E-state index in [1.807, 2.05) is 25.1 Å². The summed E-state index contributed by atoms with van der Waals surface area (Å²) in [6.07, 6.45) is 2.06. The van der Waals surface area contributed by atoms with Gasteiger partial charge in [0.2, 0.25) is 0 Å². The largest absolute Gasteiger partial charge is 0.363 e. The number of hydrogen-bond acceptors (Lipinski definition) is 3. The number of aromatic nitrogens is 1. The Morgan fingerprint density at radius 1 is 1.35 bits per heavy atom. The van der Waals surface area contributed by atoms with Crippen molar-refractivity contribution in [1.29, 1.82) is 0 Å². The summed E-state index contributed by atoms with van der Waals surface area (Å²) in [5.74, 6) is 0. The zero-order valence-corrected chi connectivity index (χ0v) is 13.6. The SMILES string of the molecule is CCNC(=S)N1CCn2cccc2C1c1ccc([N+](=O)[O-])cc1. The zero-order valence-electron chi connectivity index (χ0n) is 12.8. The summed E-state index contributed by atoms with van der Waals surface area (Å²) in [5, 5.41) is 14.8. The molecule has 7 heteroatoms. The highest BCUT2D eigenvalue weighted by Crippen LogP contribution is 2.33. The third kappa shape index (κ3) is 2.92. The second kappa shape index (κ2) is 6.37. The fourth-order valence-corrected chi connectivity index (χ4v) is 3.33. The summed E-state index contributed by atoms with van der Waals surface area (Å²) in [5.41, 5.74) is 2.24. The predicted molar refractivity (Wildman–Crippen MR) is 92.4 cm³/mol.